The standard InChI is InChI=1S/C17H11NO6S/c19-11-4-3-9(6-10(11)17(22)23)7-14-16(21)18-15(25-14)8-12(20)13-2-1-5-24-13/h1-8,19H,(H,18,21)(H,22,23)/b14-7+,15-8-. The number of benzene rings is 1. The minimum Gasteiger partial charge on any atom is -0.507 e. The number of thiazole rings is 1. The Morgan fingerprint density at radius 1 is 1.24 bits per heavy atom. The first-order chi connectivity index (χ1) is 11.9. The number of hydrogen-bond donors (Lipinski definition) is 3. The number of phenols is 1. The molecular formula is C17H11NO6S. The van der Waals surface area contributed by atoms with Crippen LogP contribution in [0.4, 0.5) is 0 Å². The zero-order chi connectivity index (χ0) is 18.0. The van der Waals surface area contributed by atoms with Gasteiger partial charge in [-0.05, 0) is 35.9 Å². The summed E-state index contributed by atoms with van der Waals surface area (Å²) in [6.45, 7) is 0. The summed E-state index contributed by atoms with van der Waals surface area (Å²) in [5.41, 5.74) is -0.235. The molecule has 3 N–H and O–H groups in total. The van der Waals surface area contributed by atoms with Crippen LogP contribution in [0.2, 0.25) is 0 Å². The van der Waals surface area contributed by atoms with Gasteiger partial charge < -0.3 is 19.6 Å². The highest BCUT2D eigenvalue weighted by molar-refractivity contribution is 7.07. The Morgan fingerprint density at radius 2 is 2.04 bits per heavy atom. The van der Waals surface area contributed by atoms with Crippen LogP contribution in [0.25, 0.3) is 12.2 Å². The molecule has 0 atom stereocenters. The fourth-order valence-electron chi connectivity index (χ4n) is 2.10. The van der Waals surface area contributed by atoms with Gasteiger partial charge in [-0.15, -0.1) is 11.3 Å². The average molecular weight is 357 g/mol. The van der Waals surface area contributed by atoms with Crippen LogP contribution in [0.15, 0.2) is 45.8 Å². The number of carbonyl (C=O) groups is 2. The zero-order valence-electron chi connectivity index (χ0n) is 12.6. The second-order valence-corrected chi connectivity index (χ2v) is 6.08. The van der Waals surface area contributed by atoms with Crippen molar-refractivity contribution in [1.82, 2.24) is 4.98 Å². The van der Waals surface area contributed by atoms with Gasteiger partial charge in [0.2, 0.25) is 5.78 Å². The molecule has 0 saturated carbocycles. The molecule has 2 heterocycles. The molecule has 0 spiro atoms. The number of hydrogen-bond acceptors (Lipinski definition) is 6. The van der Waals surface area contributed by atoms with Crippen molar-refractivity contribution in [2.75, 3.05) is 0 Å². The van der Waals surface area contributed by atoms with Gasteiger partial charge in [-0.2, -0.15) is 0 Å². The monoisotopic (exact) mass is 357 g/mol. The molecule has 3 rings (SSSR count). The summed E-state index contributed by atoms with van der Waals surface area (Å²) in [6, 6.07) is 7.08. The van der Waals surface area contributed by atoms with Crippen LogP contribution in [0.3, 0.4) is 0 Å². The highest BCUT2D eigenvalue weighted by atomic mass is 32.1. The molecule has 1 aromatic carbocycles. The number of aromatic hydroxyl groups is 1. The minimum absolute atomic E-state index is 0.157. The van der Waals surface area contributed by atoms with Gasteiger partial charge >= 0.3 is 5.97 Å². The quantitative estimate of drug-likeness (QED) is 0.597. The lowest BCUT2D eigenvalue weighted by Gasteiger charge is -2.00. The van der Waals surface area contributed by atoms with Gasteiger partial charge in [-0.25, -0.2) is 4.79 Å². The molecule has 25 heavy (non-hydrogen) atoms. The van der Waals surface area contributed by atoms with E-state index in [0.29, 0.717) is 14.8 Å². The number of aromatic nitrogens is 1. The van der Waals surface area contributed by atoms with Crippen molar-refractivity contribution in [3.8, 4) is 5.75 Å². The molecule has 0 aliphatic heterocycles. The molecule has 8 heteroatoms. The molecule has 0 bridgehead atoms. The second-order valence-electron chi connectivity index (χ2n) is 5.00. The van der Waals surface area contributed by atoms with Gasteiger partial charge in [-0.3, -0.25) is 9.59 Å². The number of Topliss-reactive ketones (excluding diaryl/α,β-unsaturated/α-hetero) is 1. The average Bonchev–Trinajstić information content (AvgIpc) is 3.19. The van der Waals surface area contributed by atoms with Crippen LogP contribution >= 0.6 is 11.3 Å². The summed E-state index contributed by atoms with van der Waals surface area (Å²) in [5.74, 6) is -1.86. The maximum atomic E-state index is 12.0. The third-order valence-electron chi connectivity index (χ3n) is 3.26. The first-order valence-corrected chi connectivity index (χ1v) is 7.82. The molecule has 7 nitrogen and oxygen atoms in total. The molecule has 0 radical (unpaired) electrons. The van der Waals surface area contributed by atoms with Crippen molar-refractivity contribution in [1.29, 1.82) is 0 Å². The number of carboxylic acid groups (broad SMARTS) is 1. The van der Waals surface area contributed by atoms with E-state index < -0.39 is 11.5 Å². The van der Waals surface area contributed by atoms with Gasteiger partial charge in [0.05, 0.1) is 15.5 Å². The minimum atomic E-state index is -1.27. The number of ketones is 1. The van der Waals surface area contributed by atoms with Gasteiger partial charge in [0.1, 0.15) is 11.3 Å². The van der Waals surface area contributed by atoms with Crippen LogP contribution in [0, 0.1) is 0 Å². The normalized spacial score (nSPS) is 12.5. The van der Waals surface area contributed by atoms with Crippen LogP contribution in [0.1, 0.15) is 26.5 Å². The number of H-pyrrole nitrogens is 1. The first kappa shape index (κ1) is 16.5. The smallest absolute Gasteiger partial charge is 0.339 e. The molecule has 126 valence electrons. The Kier molecular flexibility index (Phi) is 4.36. The van der Waals surface area contributed by atoms with Crippen molar-refractivity contribution < 1.29 is 24.2 Å². The van der Waals surface area contributed by atoms with E-state index in [4.69, 9.17) is 9.52 Å². The molecule has 0 fully saturated rings. The van der Waals surface area contributed by atoms with Crippen molar-refractivity contribution in [2.45, 2.75) is 0 Å². The van der Waals surface area contributed by atoms with E-state index in [9.17, 15) is 19.5 Å². The fourth-order valence-corrected chi connectivity index (χ4v) is 2.98. The van der Waals surface area contributed by atoms with Gasteiger partial charge in [0.15, 0.2) is 5.76 Å². The van der Waals surface area contributed by atoms with Crippen molar-refractivity contribution >= 4 is 35.2 Å². The van der Waals surface area contributed by atoms with Crippen LogP contribution in [0.5, 0.6) is 5.75 Å². The fraction of sp³-hybridized carbons (Fsp3) is 0. The van der Waals surface area contributed by atoms with Crippen LogP contribution < -0.4 is 14.8 Å². The van der Waals surface area contributed by atoms with E-state index >= 15 is 0 Å². The van der Waals surface area contributed by atoms with E-state index in [1.807, 2.05) is 0 Å². The number of rotatable bonds is 4. The molecule has 3 aromatic rings. The Morgan fingerprint density at radius 3 is 2.72 bits per heavy atom. The number of nitrogens with one attached hydrogen (secondary N) is 1. The summed E-state index contributed by atoms with van der Waals surface area (Å²) >= 11 is 1.05. The molecule has 0 aliphatic rings. The van der Waals surface area contributed by atoms with Crippen molar-refractivity contribution in [3.63, 3.8) is 0 Å². The summed E-state index contributed by atoms with van der Waals surface area (Å²) in [6.07, 6.45) is 4.11. The summed E-state index contributed by atoms with van der Waals surface area (Å²) in [7, 11) is 0. The van der Waals surface area contributed by atoms with E-state index in [2.05, 4.69) is 4.98 Å². The van der Waals surface area contributed by atoms with Gasteiger partial charge in [-0.1, -0.05) is 6.07 Å². The largest absolute Gasteiger partial charge is 0.507 e. The van der Waals surface area contributed by atoms with E-state index in [-0.39, 0.29) is 22.9 Å². The van der Waals surface area contributed by atoms with Crippen molar-refractivity contribution in [3.05, 3.63) is 73.0 Å². The lowest BCUT2D eigenvalue weighted by atomic mass is 10.1. The molecular weight excluding hydrogens is 346 g/mol. The molecule has 0 aliphatic carbocycles. The Bertz CT molecular complexity index is 1120. The lowest BCUT2D eigenvalue weighted by Crippen LogP contribution is -2.20. The molecule has 0 unspecified atom stereocenters. The number of aromatic amines is 1. The number of carbonyl (C=O) groups excluding carboxylic acids is 1. The third kappa shape index (κ3) is 3.59. The Labute approximate surface area is 143 Å². The molecule has 2 aromatic heterocycles. The predicted octanol–water partition coefficient (Wildman–Crippen LogP) is 0.925. The maximum absolute atomic E-state index is 12.0. The number of furan rings is 1. The first-order valence-electron chi connectivity index (χ1n) is 7.01. The second kappa shape index (κ2) is 6.62. The maximum Gasteiger partial charge on any atom is 0.339 e. The van der Waals surface area contributed by atoms with E-state index in [1.54, 1.807) is 6.07 Å². The highest BCUT2D eigenvalue weighted by Gasteiger charge is 2.10. The summed E-state index contributed by atoms with van der Waals surface area (Å²) < 4.78 is 5.63. The van der Waals surface area contributed by atoms with Crippen LogP contribution in [-0.2, 0) is 0 Å². The van der Waals surface area contributed by atoms with E-state index in [1.165, 1.54) is 42.7 Å². The van der Waals surface area contributed by atoms with Gasteiger partial charge in [0, 0.05) is 6.08 Å². The predicted molar refractivity (Wildman–Crippen MR) is 90.3 cm³/mol. The van der Waals surface area contributed by atoms with Gasteiger partial charge in [0.25, 0.3) is 5.56 Å². The topological polar surface area (TPSA) is 121 Å². The lowest BCUT2D eigenvalue weighted by molar-refractivity contribution is 0.0693. The Hall–Kier alpha value is -3.39. The molecule has 0 amide bonds. The number of carboxylic acids is 1. The third-order valence-corrected chi connectivity index (χ3v) is 4.22. The highest BCUT2D eigenvalue weighted by Crippen LogP contribution is 2.18. The Balaban J connectivity index is 2.02. The SMILES string of the molecule is O=C(/C=c1/[nH]c(=O)/c(=C\c2ccc(O)c(C(=O)O)c2)s1)c1ccco1. The van der Waals surface area contributed by atoms with E-state index in [0.717, 1.165) is 11.3 Å². The molecule has 0 saturated heterocycles. The zero-order valence-corrected chi connectivity index (χ0v) is 13.4. The van der Waals surface area contributed by atoms with Crippen molar-refractivity contribution in [2.24, 2.45) is 0 Å². The number of aromatic carboxylic acids is 1. The summed E-state index contributed by atoms with van der Waals surface area (Å²) in [4.78, 5) is 37.5. The van der Waals surface area contributed by atoms with Crippen LogP contribution in [-0.4, -0.2) is 26.9 Å². The summed E-state index contributed by atoms with van der Waals surface area (Å²) in [5, 5.41) is 18.5.